The Morgan fingerprint density at radius 3 is 2.82 bits per heavy atom. The van der Waals surface area contributed by atoms with Gasteiger partial charge in [0.1, 0.15) is 11.9 Å². The van der Waals surface area contributed by atoms with Gasteiger partial charge in [-0.25, -0.2) is 9.18 Å². The molecule has 0 bridgehead atoms. The van der Waals surface area contributed by atoms with Crippen molar-refractivity contribution in [2.75, 3.05) is 6.54 Å². The molecule has 0 unspecified atom stereocenters. The molecule has 0 aromatic heterocycles. The van der Waals surface area contributed by atoms with Gasteiger partial charge in [0.05, 0.1) is 11.6 Å². The van der Waals surface area contributed by atoms with Gasteiger partial charge in [0, 0.05) is 18.2 Å². The lowest BCUT2D eigenvalue weighted by molar-refractivity contribution is -0.120. The first kappa shape index (κ1) is 16.5. The van der Waals surface area contributed by atoms with Crippen molar-refractivity contribution in [1.82, 2.24) is 10.6 Å². The van der Waals surface area contributed by atoms with Crippen LogP contribution in [0.2, 0.25) is 5.02 Å². The van der Waals surface area contributed by atoms with Gasteiger partial charge < -0.3 is 21.1 Å². The van der Waals surface area contributed by atoms with E-state index in [1.165, 1.54) is 6.07 Å². The van der Waals surface area contributed by atoms with E-state index in [1.807, 2.05) is 0 Å². The minimum Gasteiger partial charge on any atom is -0.446 e. The van der Waals surface area contributed by atoms with E-state index in [0.717, 1.165) is 0 Å². The normalized spacial score (nSPS) is 20.1. The van der Waals surface area contributed by atoms with Crippen molar-refractivity contribution < 1.29 is 18.7 Å². The molecular weight excluding hydrogens is 313 g/mol. The van der Waals surface area contributed by atoms with Crippen molar-refractivity contribution in [2.45, 2.75) is 31.5 Å². The van der Waals surface area contributed by atoms with Gasteiger partial charge in [-0.2, -0.15) is 0 Å². The Kier molecular flexibility index (Phi) is 5.57. The minimum atomic E-state index is -0.787. The first-order chi connectivity index (χ1) is 10.5. The molecule has 1 aromatic carbocycles. The maximum atomic E-state index is 13.6. The number of benzene rings is 1. The lowest BCUT2D eigenvalue weighted by atomic mass is 9.89. The van der Waals surface area contributed by atoms with Gasteiger partial charge in [-0.3, -0.25) is 4.79 Å². The topological polar surface area (TPSA) is 93.5 Å². The fourth-order valence-electron chi connectivity index (χ4n) is 2.17. The van der Waals surface area contributed by atoms with E-state index in [0.29, 0.717) is 18.4 Å². The fraction of sp³-hybridized carbons (Fsp3) is 0.429. The van der Waals surface area contributed by atoms with Crippen molar-refractivity contribution >= 4 is 23.6 Å². The van der Waals surface area contributed by atoms with Crippen molar-refractivity contribution in [2.24, 2.45) is 5.73 Å². The predicted molar refractivity (Wildman–Crippen MR) is 78.7 cm³/mol. The summed E-state index contributed by atoms with van der Waals surface area (Å²) in [6.45, 7) is 0.182. The van der Waals surface area contributed by atoms with Gasteiger partial charge in [0.15, 0.2) is 0 Å². The number of hydrogen-bond donors (Lipinski definition) is 3. The zero-order chi connectivity index (χ0) is 16.1. The molecule has 0 atom stereocenters. The van der Waals surface area contributed by atoms with Gasteiger partial charge in [-0.15, -0.1) is 0 Å². The second kappa shape index (κ2) is 7.42. The third kappa shape index (κ3) is 4.57. The van der Waals surface area contributed by atoms with E-state index >= 15 is 0 Å². The first-order valence-electron chi connectivity index (χ1n) is 6.84. The Morgan fingerprint density at radius 1 is 1.41 bits per heavy atom. The van der Waals surface area contributed by atoms with Gasteiger partial charge >= 0.3 is 6.09 Å². The van der Waals surface area contributed by atoms with E-state index in [2.05, 4.69) is 10.6 Å². The number of nitrogens with two attached hydrogens (primary N) is 1. The van der Waals surface area contributed by atoms with Crippen LogP contribution in [0.3, 0.4) is 0 Å². The SMILES string of the molecule is NC(=O)OC1CC(NCC(=O)NCc2cccc(Cl)c2F)C1. The summed E-state index contributed by atoms with van der Waals surface area (Å²) in [6.07, 6.45) is 0.279. The van der Waals surface area contributed by atoms with Gasteiger partial charge in [0.2, 0.25) is 5.91 Å². The number of carbonyl (C=O) groups is 2. The molecule has 0 spiro atoms. The smallest absolute Gasteiger partial charge is 0.404 e. The molecule has 1 aromatic rings. The number of ether oxygens (including phenoxy) is 1. The van der Waals surface area contributed by atoms with Gasteiger partial charge in [-0.05, 0) is 18.9 Å². The van der Waals surface area contributed by atoms with Crippen LogP contribution >= 0.6 is 11.6 Å². The highest BCUT2D eigenvalue weighted by Crippen LogP contribution is 2.23. The molecule has 1 fully saturated rings. The number of halogens is 2. The largest absolute Gasteiger partial charge is 0.446 e. The molecular formula is C14H17ClFN3O3. The average molecular weight is 330 g/mol. The third-order valence-corrected chi connectivity index (χ3v) is 3.73. The Hall–Kier alpha value is -1.86. The second-order valence-corrected chi connectivity index (χ2v) is 5.50. The second-order valence-electron chi connectivity index (χ2n) is 5.10. The highest BCUT2D eigenvalue weighted by molar-refractivity contribution is 6.30. The molecule has 0 saturated heterocycles. The molecule has 120 valence electrons. The Balaban J connectivity index is 1.65. The summed E-state index contributed by atoms with van der Waals surface area (Å²) in [5.74, 6) is -0.776. The summed E-state index contributed by atoms with van der Waals surface area (Å²) in [5.41, 5.74) is 5.24. The molecule has 1 aliphatic carbocycles. The maximum absolute atomic E-state index is 13.6. The highest BCUT2D eigenvalue weighted by atomic mass is 35.5. The summed E-state index contributed by atoms with van der Waals surface area (Å²) in [4.78, 5) is 22.2. The molecule has 4 N–H and O–H groups in total. The number of amides is 2. The molecule has 22 heavy (non-hydrogen) atoms. The Labute approximate surface area is 132 Å². The number of primary amides is 1. The summed E-state index contributed by atoms with van der Waals surface area (Å²) in [6, 6.07) is 4.74. The van der Waals surface area contributed by atoms with E-state index in [9.17, 15) is 14.0 Å². The van der Waals surface area contributed by atoms with Crippen LogP contribution in [0, 0.1) is 5.82 Å². The molecule has 0 aliphatic heterocycles. The van der Waals surface area contributed by atoms with Gasteiger partial charge in [-0.1, -0.05) is 23.7 Å². The van der Waals surface area contributed by atoms with E-state index in [-0.39, 0.29) is 36.2 Å². The summed E-state index contributed by atoms with van der Waals surface area (Å²) >= 11 is 5.66. The Bertz CT molecular complexity index is 564. The van der Waals surface area contributed by atoms with Crippen LogP contribution in [0.5, 0.6) is 0 Å². The quantitative estimate of drug-likeness (QED) is 0.733. The minimum absolute atomic E-state index is 0.0276. The van der Waals surface area contributed by atoms with E-state index in [1.54, 1.807) is 12.1 Å². The summed E-state index contributed by atoms with van der Waals surface area (Å²) < 4.78 is 18.4. The van der Waals surface area contributed by atoms with Crippen LogP contribution in [0.15, 0.2) is 18.2 Å². The standard InChI is InChI=1S/C14H17ClFN3O3/c15-11-3-1-2-8(13(11)16)6-19-12(20)7-18-9-4-10(5-9)22-14(17)21/h1-3,9-10,18H,4-7H2,(H2,17,21)(H,19,20). The lowest BCUT2D eigenvalue weighted by Gasteiger charge is -2.34. The van der Waals surface area contributed by atoms with Crippen LogP contribution in [-0.2, 0) is 16.1 Å². The van der Waals surface area contributed by atoms with Crippen molar-refractivity contribution in [1.29, 1.82) is 0 Å². The number of carbonyl (C=O) groups excluding carboxylic acids is 2. The number of nitrogens with one attached hydrogen (secondary N) is 2. The summed E-state index contributed by atoms with van der Waals surface area (Å²) in [7, 11) is 0. The Morgan fingerprint density at radius 2 is 2.14 bits per heavy atom. The molecule has 1 aliphatic rings. The van der Waals surface area contributed by atoms with Crippen molar-refractivity contribution in [3.63, 3.8) is 0 Å². The molecule has 6 nitrogen and oxygen atoms in total. The number of hydrogen-bond acceptors (Lipinski definition) is 4. The predicted octanol–water partition coefficient (Wildman–Crippen LogP) is 1.31. The van der Waals surface area contributed by atoms with E-state index in [4.69, 9.17) is 22.1 Å². The number of rotatable bonds is 6. The van der Waals surface area contributed by atoms with Crippen LogP contribution in [0.25, 0.3) is 0 Å². The monoisotopic (exact) mass is 329 g/mol. The maximum Gasteiger partial charge on any atom is 0.404 e. The molecule has 0 heterocycles. The zero-order valence-electron chi connectivity index (χ0n) is 11.8. The first-order valence-corrected chi connectivity index (χ1v) is 7.22. The third-order valence-electron chi connectivity index (χ3n) is 3.44. The van der Waals surface area contributed by atoms with Crippen LogP contribution in [0.4, 0.5) is 9.18 Å². The van der Waals surface area contributed by atoms with Crippen LogP contribution in [0.1, 0.15) is 18.4 Å². The van der Waals surface area contributed by atoms with Crippen LogP contribution in [-0.4, -0.2) is 30.7 Å². The zero-order valence-corrected chi connectivity index (χ0v) is 12.5. The molecule has 0 radical (unpaired) electrons. The summed E-state index contributed by atoms with van der Waals surface area (Å²) in [5, 5.41) is 5.66. The fourth-order valence-corrected chi connectivity index (χ4v) is 2.37. The van der Waals surface area contributed by atoms with Crippen molar-refractivity contribution in [3.8, 4) is 0 Å². The van der Waals surface area contributed by atoms with E-state index < -0.39 is 11.9 Å². The highest BCUT2D eigenvalue weighted by Gasteiger charge is 2.31. The average Bonchev–Trinajstić information content (AvgIpc) is 2.42. The molecule has 8 heteroatoms. The van der Waals surface area contributed by atoms with Crippen molar-refractivity contribution in [3.05, 3.63) is 34.6 Å². The van der Waals surface area contributed by atoms with Crippen LogP contribution < -0.4 is 16.4 Å². The molecule has 2 rings (SSSR count). The molecule has 2 amide bonds. The van der Waals surface area contributed by atoms with Gasteiger partial charge in [0.25, 0.3) is 0 Å². The molecule has 1 saturated carbocycles. The lowest BCUT2D eigenvalue weighted by Crippen LogP contribution is -2.49.